The van der Waals surface area contributed by atoms with E-state index in [4.69, 9.17) is 5.11 Å². The second kappa shape index (κ2) is 8.58. The third-order valence-electron chi connectivity index (χ3n) is 6.64. The Morgan fingerprint density at radius 3 is 2.30 bits per heavy atom. The van der Waals surface area contributed by atoms with Crippen LogP contribution in [0, 0.1) is 0 Å². The van der Waals surface area contributed by atoms with Crippen LogP contribution in [0.15, 0.2) is 42.5 Å². The van der Waals surface area contributed by atoms with Gasteiger partial charge in [-0.2, -0.15) is 0 Å². The molecular weight excluding hydrogens is 380 g/mol. The Bertz CT molecular complexity index is 941. The van der Waals surface area contributed by atoms with Crippen LogP contribution in [0.2, 0.25) is 0 Å². The van der Waals surface area contributed by atoms with Crippen molar-refractivity contribution in [1.82, 2.24) is 9.38 Å². The molecule has 6 nitrogen and oxygen atoms in total. The third kappa shape index (κ3) is 3.73. The highest BCUT2D eigenvalue weighted by Gasteiger charge is 2.47. The minimum absolute atomic E-state index is 0.0305. The van der Waals surface area contributed by atoms with E-state index in [2.05, 4.69) is 0 Å². The maximum atomic E-state index is 12.6. The van der Waals surface area contributed by atoms with Gasteiger partial charge in [0.1, 0.15) is 5.69 Å². The predicted octanol–water partition coefficient (Wildman–Crippen LogP) is 4.21. The van der Waals surface area contributed by atoms with E-state index in [1.165, 1.54) is 4.90 Å². The van der Waals surface area contributed by atoms with Crippen LogP contribution in [-0.2, 0) is 11.2 Å². The van der Waals surface area contributed by atoms with Gasteiger partial charge in [0.05, 0.1) is 26.1 Å². The molecule has 1 aliphatic heterocycles. The molecule has 2 aromatic carbocycles. The Kier molecular flexibility index (Phi) is 6.29. The lowest BCUT2D eigenvalue weighted by Crippen LogP contribution is -2.60. The first kappa shape index (κ1) is 22.0. The van der Waals surface area contributed by atoms with Gasteiger partial charge in [0.15, 0.2) is 0 Å². The van der Waals surface area contributed by atoms with E-state index in [0.29, 0.717) is 19.4 Å². The number of carbonyl (C=O) groups is 2. The number of benzene rings is 2. The Labute approximate surface area is 178 Å². The van der Waals surface area contributed by atoms with Crippen molar-refractivity contribution in [2.24, 2.45) is 0 Å². The van der Waals surface area contributed by atoms with Crippen molar-refractivity contribution < 1.29 is 19.8 Å². The lowest BCUT2D eigenvalue weighted by molar-refractivity contribution is -0.129. The fraction of sp³-hybridized carbons (Fsp3) is 0.417. The summed E-state index contributed by atoms with van der Waals surface area (Å²) in [6.07, 6.45) is 0.253. The number of nitrogens with zero attached hydrogens (tertiary/aromatic N) is 2. The molecule has 0 radical (unpaired) electrons. The van der Waals surface area contributed by atoms with E-state index in [1.807, 2.05) is 63.4 Å². The van der Waals surface area contributed by atoms with Crippen molar-refractivity contribution in [1.29, 1.82) is 0 Å². The Balaban J connectivity index is 2.14. The van der Waals surface area contributed by atoms with Crippen LogP contribution < -0.4 is 4.48 Å². The van der Waals surface area contributed by atoms with Gasteiger partial charge < -0.3 is 15.1 Å². The topological polar surface area (TPSA) is 77.8 Å². The molecule has 0 saturated heterocycles. The molecule has 2 aromatic rings. The van der Waals surface area contributed by atoms with Crippen LogP contribution >= 0.6 is 0 Å². The van der Waals surface area contributed by atoms with Crippen LogP contribution in [0.5, 0.6) is 0 Å². The molecule has 3 rings (SSSR count). The minimum atomic E-state index is -0.946. The molecule has 1 aliphatic rings. The van der Waals surface area contributed by atoms with Crippen molar-refractivity contribution in [2.45, 2.75) is 45.7 Å². The Morgan fingerprint density at radius 2 is 1.77 bits per heavy atom. The molecule has 1 unspecified atom stereocenters. The predicted molar refractivity (Wildman–Crippen MR) is 118 cm³/mol. The van der Waals surface area contributed by atoms with Gasteiger partial charge in [-0.3, -0.25) is 0 Å². The molecule has 2 amide bonds. The summed E-state index contributed by atoms with van der Waals surface area (Å²) >= 11 is 0. The number of rotatable bonds is 5. The first-order valence-electron chi connectivity index (χ1n) is 10.5. The van der Waals surface area contributed by atoms with Gasteiger partial charge in [0.2, 0.25) is 0 Å². The molecule has 1 heterocycles. The molecule has 2 N–H and O–H groups in total. The van der Waals surface area contributed by atoms with Crippen LogP contribution in [0.1, 0.15) is 44.4 Å². The molecule has 0 fully saturated rings. The molecule has 0 bridgehead atoms. The summed E-state index contributed by atoms with van der Waals surface area (Å²) in [6, 6.07) is 13.7. The van der Waals surface area contributed by atoms with Gasteiger partial charge >= 0.3 is 12.0 Å². The standard InChI is InChI=1S/C24H30N2O4/c1-5-25(24(29)30)22-14-16(2)26(4,17(3)28)23-11-10-20(15-21(22)23)19-8-6-18(7-9-19)12-13-27/h6-11,15-16,22,27H,5,12-14H2,1-4H3/p+1/t16-,22+,26?/m0/s1. The van der Waals surface area contributed by atoms with E-state index in [9.17, 15) is 14.7 Å². The smallest absolute Gasteiger partial charge is 0.407 e. The SMILES string of the molecule is CCN(C(=O)O)[C@@H]1C[C@H](C)[N+](C)(C(C)=O)c2ccc(-c3ccc(CCO)cc3)cc21. The highest BCUT2D eigenvalue weighted by atomic mass is 16.4. The molecule has 0 spiro atoms. The summed E-state index contributed by atoms with van der Waals surface area (Å²) in [5, 5.41) is 18.9. The summed E-state index contributed by atoms with van der Waals surface area (Å²) < 4.78 is 0.165. The average molecular weight is 412 g/mol. The summed E-state index contributed by atoms with van der Waals surface area (Å²) in [4.78, 5) is 26.0. The third-order valence-corrected chi connectivity index (χ3v) is 6.64. The number of amides is 2. The fourth-order valence-electron chi connectivity index (χ4n) is 4.58. The van der Waals surface area contributed by atoms with E-state index in [1.54, 1.807) is 6.92 Å². The van der Waals surface area contributed by atoms with Crippen LogP contribution in [-0.4, -0.2) is 53.4 Å². The van der Waals surface area contributed by atoms with E-state index >= 15 is 0 Å². The molecular formula is C24H31N2O4+. The minimum Gasteiger partial charge on any atom is -0.465 e. The van der Waals surface area contributed by atoms with Crippen molar-refractivity contribution >= 4 is 17.7 Å². The maximum Gasteiger partial charge on any atom is 0.407 e. The quantitative estimate of drug-likeness (QED) is 0.723. The summed E-state index contributed by atoms with van der Waals surface area (Å²) in [5.74, 6) is 0.0432. The zero-order valence-electron chi connectivity index (χ0n) is 18.1. The van der Waals surface area contributed by atoms with E-state index in [-0.39, 0.29) is 29.1 Å². The first-order valence-corrected chi connectivity index (χ1v) is 10.5. The molecule has 0 aromatic heterocycles. The summed E-state index contributed by atoms with van der Waals surface area (Å²) in [6.45, 7) is 5.96. The second-order valence-corrected chi connectivity index (χ2v) is 8.21. The number of carbonyl (C=O) groups excluding carboxylic acids is 1. The fourth-order valence-corrected chi connectivity index (χ4v) is 4.58. The van der Waals surface area contributed by atoms with Crippen LogP contribution in [0.4, 0.5) is 10.5 Å². The van der Waals surface area contributed by atoms with Crippen molar-refractivity contribution in [2.75, 3.05) is 20.2 Å². The highest BCUT2D eigenvalue weighted by Crippen LogP contribution is 2.45. The molecule has 0 aliphatic carbocycles. The van der Waals surface area contributed by atoms with Crippen LogP contribution in [0.3, 0.4) is 0 Å². The normalized spacial score (nSPS) is 23.0. The number of hydrogen-bond donors (Lipinski definition) is 2. The summed E-state index contributed by atoms with van der Waals surface area (Å²) in [5.41, 5.74) is 4.83. The van der Waals surface area contributed by atoms with Crippen LogP contribution in [0.25, 0.3) is 11.1 Å². The van der Waals surface area contributed by atoms with Gasteiger partial charge in [-0.25, -0.2) is 14.1 Å². The zero-order valence-corrected chi connectivity index (χ0v) is 18.1. The molecule has 3 atom stereocenters. The number of fused-ring (bicyclic) bond motifs is 1. The largest absolute Gasteiger partial charge is 0.465 e. The van der Waals surface area contributed by atoms with Gasteiger partial charge in [-0.1, -0.05) is 24.3 Å². The number of aliphatic hydroxyl groups is 1. The number of quaternary nitrogens is 1. The Hall–Kier alpha value is -2.70. The highest BCUT2D eigenvalue weighted by molar-refractivity contribution is 5.89. The first-order chi connectivity index (χ1) is 14.2. The van der Waals surface area contributed by atoms with Gasteiger partial charge in [0.25, 0.3) is 0 Å². The van der Waals surface area contributed by atoms with Gasteiger partial charge in [0, 0.05) is 31.2 Å². The number of aliphatic hydroxyl groups excluding tert-OH is 1. The average Bonchev–Trinajstić information content (AvgIpc) is 2.72. The number of carboxylic acid groups (broad SMARTS) is 1. The van der Waals surface area contributed by atoms with Gasteiger partial charge in [-0.05, 0) is 49.1 Å². The number of hydrogen-bond acceptors (Lipinski definition) is 3. The van der Waals surface area contributed by atoms with Crippen molar-refractivity contribution in [3.8, 4) is 11.1 Å². The zero-order chi connectivity index (χ0) is 22.1. The summed E-state index contributed by atoms with van der Waals surface area (Å²) in [7, 11) is 1.92. The molecule has 160 valence electrons. The van der Waals surface area contributed by atoms with E-state index < -0.39 is 6.09 Å². The lowest BCUT2D eigenvalue weighted by atomic mass is 9.86. The molecule has 0 saturated carbocycles. The van der Waals surface area contributed by atoms with Crippen molar-refractivity contribution in [3.05, 3.63) is 53.6 Å². The van der Waals surface area contributed by atoms with Gasteiger partial charge in [-0.15, -0.1) is 0 Å². The van der Waals surface area contributed by atoms with E-state index in [0.717, 1.165) is 27.9 Å². The lowest BCUT2D eigenvalue weighted by Gasteiger charge is -2.45. The maximum absolute atomic E-state index is 12.6. The Morgan fingerprint density at radius 1 is 1.13 bits per heavy atom. The monoisotopic (exact) mass is 411 g/mol. The second-order valence-electron chi connectivity index (χ2n) is 8.21. The molecule has 30 heavy (non-hydrogen) atoms. The molecule has 6 heteroatoms. The van der Waals surface area contributed by atoms with Crippen molar-refractivity contribution in [3.63, 3.8) is 0 Å².